The Morgan fingerprint density at radius 3 is 2.31 bits per heavy atom. The van der Waals surface area contributed by atoms with E-state index in [1.165, 1.54) is 11.3 Å². The summed E-state index contributed by atoms with van der Waals surface area (Å²) in [6.45, 7) is 0. The number of thiazole rings is 1. The van der Waals surface area contributed by atoms with Crippen LogP contribution < -0.4 is 15.5 Å². The zero-order valence-electron chi connectivity index (χ0n) is 18.4. The highest BCUT2D eigenvalue weighted by atomic mass is 79.9. The van der Waals surface area contributed by atoms with E-state index in [9.17, 15) is 14.4 Å². The lowest BCUT2D eigenvalue weighted by atomic mass is 10.2. The van der Waals surface area contributed by atoms with Gasteiger partial charge in [0.1, 0.15) is 10.7 Å². The number of halogens is 2. The van der Waals surface area contributed by atoms with Crippen molar-refractivity contribution in [2.24, 2.45) is 0 Å². The van der Waals surface area contributed by atoms with E-state index in [0.29, 0.717) is 22.1 Å². The summed E-state index contributed by atoms with van der Waals surface area (Å²) in [6.07, 6.45) is 0. The molecule has 178 valence electrons. The number of imide groups is 1. The number of hydrogen-bond donors (Lipinski definition) is 2. The summed E-state index contributed by atoms with van der Waals surface area (Å²) < 4.78 is 0.818. The second kappa shape index (κ2) is 10.1. The highest BCUT2D eigenvalue weighted by Crippen LogP contribution is 2.31. The molecule has 0 saturated heterocycles. The molecule has 2 heterocycles. The summed E-state index contributed by atoms with van der Waals surface area (Å²) in [7, 11) is 0. The standard InChI is InChI=1S/C26H16BrClN4O3S/c27-17-8-12-19(13-9-17)32-24(34)21(28)22(25(32)35)29-18-10-6-16(7-11-18)23(33)31-26-30-20(14-36-26)15-4-2-1-3-5-15/h1-14,29H,(H,30,31,33). The summed E-state index contributed by atoms with van der Waals surface area (Å²) in [5.74, 6) is -1.49. The minimum atomic E-state index is -0.610. The zero-order valence-corrected chi connectivity index (χ0v) is 21.5. The maximum Gasteiger partial charge on any atom is 0.283 e. The van der Waals surface area contributed by atoms with Crippen LogP contribution in [-0.4, -0.2) is 22.7 Å². The van der Waals surface area contributed by atoms with Gasteiger partial charge in [-0.2, -0.15) is 0 Å². The topological polar surface area (TPSA) is 91.4 Å². The Labute approximate surface area is 223 Å². The Hall–Kier alpha value is -3.79. The summed E-state index contributed by atoms with van der Waals surface area (Å²) in [5.41, 5.74) is 3.04. The van der Waals surface area contributed by atoms with Gasteiger partial charge in [0.05, 0.1) is 11.4 Å². The van der Waals surface area contributed by atoms with E-state index in [1.54, 1.807) is 48.5 Å². The third kappa shape index (κ3) is 4.81. The first kappa shape index (κ1) is 23.9. The van der Waals surface area contributed by atoms with Gasteiger partial charge in [0.2, 0.25) is 0 Å². The van der Waals surface area contributed by atoms with Gasteiger partial charge >= 0.3 is 0 Å². The van der Waals surface area contributed by atoms with Gasteiger partial charge in [0.15, 0.2) is 5.13 Å². The van der Waals surface area contributed by atoms with Crippen LogP contribution in [0.2, 0.25) is 0 Å². The van der Waals surface area contributed by atoms with E-state index < -0.39 is 11.8 Å². The van der Waals surface area contributed by atoms with E-state index in [0.717, 1.165) is 20.6 Å². The average molecular weight is 580 g/mol. The fraction of sp³-hybridized carbons (Fsp3) is 0. The summed E-state index contributed by atoms with van der Waals surface area (Å²) >= 11 is 10.9. The van der Waals surface area contributed by atoms with E-state index in [-0.39, 0.29) is 16.6 Å². The maximum absolute atomic E-state index is 12.9. The van der Waals surface area contributed by atoms with Gasteiger partial charge in [-0.05, 0) is 48.5 Å². The van der Waals surface area contributed by atoms with E-state index in [4.69, 9.17) is 11.6 Å². The van der Waals surface area contributed by atoms with Crippen LogP contribution in [0.25, 0.3) is 11.3 Å². The zero-order chi connectivity index (χ0) is 25.2. The average Bonchev–Trinajstić information content (AvgIpc) is 3.44. The molecule has 0 fully saturated rings. The molecule has 3 amide bonds. The molecule has 4 aromatic rings. The van der Waals surface area contributed by atoms with E-state index in [1.807, 2.05) is 35.7 Å². The first-order valence-electron chi connectivity index (χ1n) is 10.6. The second-order valence-corrected chi connectivity index (χ2v) is 9.82. The van der Waals surface area contributed by atoms with E-state index in [2.05, 4.69) is 31.5 Å². The largest absolute Gasteiger partial charge is 0.350 e. The molecule has 0 spiro atoms. The maximum atomic E-state index is 12.9. The number of nitrogens with zero attached hydrogens (tertiary/aromatic N) is 2. The van der Waals surface area contributed by atoms with Gasteiger partial charge in [-0.25, -0.2) is 9.88 Å². The highest BCUT2D eigenvalue weighted by Gasteiger charge is 2.38. The van der Waals surface area contributed by atoms with Crippen molar-refractivity contribution < 1.29 is 14.4 Å². The van der Waals surface area contributed by atoms with Gasteiger partial charge in [-0.15, -0.1) is 11.3 Å². The lowest BCUT2D eigenvalue weighted by Gasteiger charge is -2.15. The van der Waals surface area contributed by atoms with Crippen molar-refractivity contribution in [2.45, 2.75) is 0 Å². The molecule has 2 N–H and O–H groups in total. The van der Waals surface area contributed by atoms with Crippen LogP contribution in [0.15, 0.2) is 99.4 Å². The minimum absolute atomic E-state index is 0.0296. The Bertz CT molecular complexity index is 1500. The van der Waals surface area contributed by atoms with Gasteiger partial charge < -0.3 is 5.32 Å². The molecule has 1 aliphatic heterocycles. The molecule has 0 aliphatic carbocycles. The summed E-state index contributed by atoms with van der Waals surface area (Å²) in [4.78, 5) is 43.7. The molecule has 1 aromatic heterocycles. The van der Waals surface area contributed by atoms with Crippen molar-refractivity contribution in [2.75, 3.05) is 15.5 Å². The second-order valence-electron chi connectivity index (χ2n) is 7.67. The molecule has 3 aromatic carbocycles. The predicted molar refractivity (Wildman–Crippen MR) is 145 cm³/mol. The Balaban J connectivity index is 1.26. The number of benzene rings is 3. The summed E-state index contributed by atoms with van der Waals surface area (Å²) in [6, 6.07) is 22.9. The number of rotatable bonds is 6. The molecule has 36 heavy (non-hydrogen) atoms. The van der Waals surface area contributed by atoms with Crippen molar-refractivity contribution in [3.63, 3.8) is 0 Å². The molecule has 0 saturated carbocycles. The Morgan fingerprint density at radius 2 is 1.61 bits per heavy atom. The third-order valence-electron chi connectivity index (χ3n) is 5.32. The monoisotopic (exact) mass is 578 g/mol. The quantitative estimate of drug-likeness (QED) is 0.263. The molecular formula is C26H16BrClN4O3S. The number of hydrogen-bond acceptors (Lipinski definition) is 6. The van der Waals surface area contributed by atoms with Crippen molar-refractivity contribution in [3.8, 4) is 11.3 Å². The first-order chi connectivity index (χ1) is 17.4. The van der Waals surface area contributed by atoms with Crippen LogP contribution in [0.5, 0.6) is 0 Å². The van der Waals surface area contributed by atoms with Crippen molar-refractivity contribution in [1.82, 2.24) is 4.98 Å². The van der Waals surface area contributed by atoms with Crippen LogP contribution in [0, 0.1) is 0 Å². The smallest absolute Gasteiger partial charge is 0.283 e. The van der Waals surface area contributed by atoms with Crippen LogP contribution in [0.3, 0.4) is 0 Å². The SMILES string of the molecule is O=C(Nc1nc(-c2ccccc2)cs1)c1ccc(NC2=C(Cl)C(=O)N(c3ccc(Br)cc3)C2=O)cc1. The lowest BCUT2D eigenvalue weighted by Crippen LogP contribution is -2.32. The lowest BCUT2D eigenvalue weighted by molar-refractivity contribution is -0.120. The molecule has 5 rings (SSSR count). The van der Waals surface area contributed by atoms with Gasteiger partial charge in [0.25, 0.3) is 17.7 Å². The fourth-order valence-corrected chi connectivity index (χ4v) is 4.72. The minimum Gasteiger partial charge on any atom is -0.350 e. The number of carbonyl (C=O) groups is 3. The molecule has 0 unspecified atom stereocenters. The van der Waals surface area contributed by atoms with Gasteiger partial charge in [-0.1, -0.05) is 57.9 Å². The van der Waals surface area contributed by atoms with Crippen LogP contribution in [0.4, 0.5) is 16.5 Å². The number of carbonyl (C=O) groups excluding carboxylic acids is 3. The molecule has 0 radical (unpaired) electrons. The van der Waals surface area contributed by atoms with Crippen molar-refractivity contribution in [3.05, 3.63) is 105 Å². The van der Waals surface area contributed by atoms with Gasteiger partial charge in [-0.3, -0.25) is 19.7 Å². The molecule has 0 bridgehead atoms. The molecule has 10 heteroatoms. The predicted octanol–water partition coefficient (Wildman–Crippen LogP) is 6.26. The van der Waals surface area contributed by atoms with Crippen molar-refractivity contribution >= 4 is 73.1 Å². The van der Waals surface area contributed by atoms with Gasteiger partial charge in [0, 0.05) is 26.7 Å². The Kier molecular flexibility index (Phi) is 6.69. The third-order valence-corrected chi connectivity index (χ3v) is 6.96. The molecule has 7 nitrogen and oxygen atoms in total. The fourth-order valence-electron chi connectivity index (χ4n) is 3.53. The summed E-state index contributed by atoms with van der Waals surface area (Å²) in [5, 5.41) is 7.86. The Morgan fingerprint density at radius 1 is 0.917 bits per heavy atom. The molecular weight excluding hydrogens is 564 g/mol. The number of anilines is 3. The van der Waals surface area contributed by atoms with Crippen LogP contribution in [-0.2, 0) is 9.59 Å². The number of nitrogens with one attached hydrogen (secondary N) is 2. The first-order valence-corrected chi connectivity index (χ1v) is 12.7. The number of aromatic nitrogens is 1. The highest BCUT2D eigenvalue weighted by molar-refractivity contribution is 9.10. The number of amides is 3. The van der Waals surface area contributed by atoms with Crippen LogP contribution >= 0.6 is 38.9 Å². The van der Waals surface area contributed by atoms with E-state index >= 15 is 0 Å². The van der Waals surface area contributed by atoms with Crippen LogP contribution in [0.1, 0.15) is 10.4 Å². The van der Waals surface area contributed by atoms with Crippen molar-refractivity contribution in [1.29, 1.82) is 0 Å². The molecule has 0 atom stereocenters. The normalized spacial score (nSPS) is 13.3. The molecule has 1 aliphatic rings.